The van der Waals surface area contributed by atoms with E-state index in [1.54, 1.807) is 24.3 Å². The molecule has 24 heavy (non-hydrogen) atoms. The first-order chi connectivity index (χ1) is 11.5. The highest BCUT2D eigenvalue weighted by Crippen LogP contribution is 2.30. The summed E-state index contributed by atoms with van der Waals surface area (Å²) in [5, 5.41) is 11.9. The molecule has 3 aromatic rings. The number of nitrogens with one attached hydrogen (secondary N) is 2. The fourth-order valence-corrected chi connectivity index (χ4v) is 2.62. The van der Waals surface area contributed by atoms with Crippen LogP contribution in [-0.2, 0) is 0 Å². The van der Waals surface area contributed by atoms with Crippen molar-refractivity contribution in [1.29, 1.82) is 5.26 Å². The van der Waals surface area contributed by atoms with E-state index in [2.05, 4.69) is 16.4 Å². The van der Waals surface area contributed by atoms with Crippen molar-refractivity contribution < 1.29 is 9.59 Å². The van der Waals surface area contributed by atoms with Gasteiger partial charge in [0.2, 0.25) is 0 Å². The molecule has 0 saturated carbocycles. The summed E-state index contributed by atoms with van der Waals surface area (Å²) in [7, 11) is 0. The fraction of sp³-hybridized carbons (Fsp3) is 0. The first kappa shape index (κ1) is 15.1. The number of aromatic amines is 1. The minimum Gasteiger partial charge on any atom is -0.365 e. The van der Waals surface area contributed by atoms with E-state index >= 15 is 0 Å². The van der Waals surface area contributed by atoms with Crippen molar-refractivity contribution in [3.63, 3.8) is 0 Å². The first-order valence-electron chi connectivity index (χ1n) is 7.02. The van der Waals surface area contributed by atoms with Gasteiger partial charge in [0, 0.05) is 10.9 Å². The van der Waals surface area contributed by atoms with Crippen LogP contribution < -0.4 is 16.8 Å². The summed E-state index contributed by atoms with van der Waals surface area (Å²) in [4.78, 5) is 25.7. The minimum atomic E-state index is -0.800. The molecule has 118 valence electrons. The van der Waals surface area contributed by atoms with Crippen molar-refractivity contribution in [3.8, 4) is 17.2 Å². The molecule has 0 fully saturated rings. The van der Waals surface area contributed by atoms with Crippen LogP contribution in [0.1, 0.15) is 15.9 Å². The number of amides is 3. The maximum absolute atomic E-state index is 11.7. The Balaban J connectivity index is 2.16. The van der Waals surface area contributed by atoms with Gasteiger partial charge in [-0.1, -0.05) is 24.3 Å². The van der Waals surface area contributed by atoms with Crippen molar-refractivity contribution in [2.45, 2.75) is 0 Å². The van der Waals surface area contributed by atoms with Gasteiger partial charge in [-0.15, -0.1) is 0 Å². The van der Waals surface area contributed by atoms with Crippen molar-refractivity contribution in [3.05, 3.63) is 53.6 Å². The van der Waals surface area contributed by atoms with Crippen LogP contribution in [0.5, 0.6) is 0 Å². The summed E-state index contributed by atoms with van der Waals surface area (Å²) in [5.74, 6) is -0.517. The Morgan fingerprint density at radius 3 is 2.50 bits per heavy atom. The number of carbonyl (C=O) groups is 2. The molecule has 0 unspecified atom stereocenters. The smallest absolute Gasteiger partial charge is 0.317 e. The normalized spacial score (nSPS) is 10.3. The van der Waals surface area contributed by atoms with Crippen LogP contribution in [0.15, 0.2) is 42.5 Å². The lowest BCUT2D eigenvalue weighted by molar-refractivity contribution is 0.100. The van der Waals surface area contributed by atoms with Crippen LogP contribution in [0.3, 0.4) is 0 Å². The molecule has 0 spiro atoms. The van der Waals surface area contributed by atoms with Crippen LogP contribution in [0.25, 0.3) is 22.0 Å². The van der Waals surface area contributed by atoms with Gasteiger partial charge in [0.1, 0.15) is 5.82 Å². The maximum Gasteiger partial charge on any atom is 0.317 e. The number of H-pyrrole nitrogens is 1. The third-order valence-corrected chi connectivity index (χ3v) is 3.62. The Morgan fingerprint density at radius 2 is 1.83 bits per heavy atom. The van der Waals surface area contributed by atoms with Gasteiger partial charge >= 0.3 is 6.03 Å². The third kappa shape index (κ3) is 2.64. The van der Waals surface area contributed by atoms with Gasteiger partial charge in [-0.3, -0.25) is 10.1 Å². The molecule has 1 heterocycles. The second-order valence-electron chi connectivity index (χ2n) is 5.18. The van der Waals surface area contributed by atoms with E-state index in [4.69, 9.17) is 16.7 Å². The minimum absolute atomic E-state index is 0.160. The van der Waals surface area contributed by atoms with Crippen LogP contribution in [-0.4, -0.2) is 16.9 Å². The molecular weight excluding hydrogens is 306 g/mol. The second-order valence-corrected chi connectivity index (χ2v) is 5.18. The number of nitriles is 1. The summed E-state index contributed by atoms with van der Waals surface area (Å²) >= 11 is 0. The highest BCUT2D eigenvalue weighted by Gasteiger charge is 2.17. The number of benzene rings is 2. The first-order valence-corrected chi connectivity index (χ1v) is 7.02. The van der Waals surface area contributed by atoms with Crippen molar-refractivity contribution >= 4 is 28.7 Å². The number of aromatic nitrogens is 1. The number of nitrogens with zero attached hydrogens (tertiary/aromatic N) is 1. The molecule has 0 bridgehead atoms. The van der Waals surface area contributed by atoms with Gasteiger partial charge in [0.05, 0.1) is 17.2 Å². The number of nitrogens with two attached hydrogens (primary N) is 2. The molecule has 7 heteroatoms. The van der Waals surface area contributed by atoms with E-state index in [-0.39, 0.29) is 11.4 Å². The number of rotatable bonds is 3. The molecule has 3 rings (SSSR count). The van der Waals surface area contributed by atoms with Crippen LogP contribution in [0.4, 0.5) is 10.6 Å². The van der Waals surface area contributed by atoms with E-state index in [9.17, 15) is 9.59 Å². The highest BCUT2D eigenvalue weighted by atomic mass is 16.2. The molecule has 0 aliphatic rings. The van der Waals surface area contributed by atoms with Gasteiger partial charge in [-0.05, 0) is 29.3 Å². The number of hydrogen-bond acceptors (Lipinski definition) is 3. The summed E-state index contributed by atoms with van der Waals surface area (Å²) in [6.45, 7) is 0. The third-order valence-electron chi connectivity index (χ3n) is 3.62. The average molecular weight is 319 g/mol. The Labute approximate surface area is 136 Å². The summed E-state index contributed by atoms with van der Waals surface area (Å²) in [6.07, 6.45) is 0. The summed E-state index contributed by atoms with van der Waals surface area (Å²) < 4.78 is 0. The number of fused-ring (bicyclic) bond motifs is 1. The van der Waals surface area contributed by atoms with Crippen molar-refractivity contribution in [2.24, 2.45) is 11.5 Å². The highest BCUT2D eigenvalue weighted by molar-refractivity contribution is 6.13. The number of urea groups is 1. The van der Waals surface area contributed by atoms with Crippen LogP contribution in [0.2, 0.25) is 0 Å². The molecule has 6 N–H and O–H groups in total. The Kier molecular flexibility index (Phi) is 3.64. The summed E-state index contributed by atoms with van der Waals surface area (Å²) in [6, 6.07) is 13.8. The largest absolute Gasteiger partial charge is 0.365 e. The van der Waals surface area contributed by atoms with Gasteiger partial charge in [0.15, 0.2) is 0 Å². The monoisotopic (exact) mass is 319 g/mol. The molecule has 7 nitrogen and oxygen atoms in total. The van der Waals surface area contributed by atoms with Gasteiger partial charge in [0.25, 0.3) is 5.91 Å². The zero-order valence-corrected chi connectivity index (χ0v) is 12.5. The van der Waals surface area contributed by atoms with E-state index in [1.807, 2.05) is 18.2 Å². The molecule has 0 radical (unpaired) electrons. The molecular formula is C17H13N5O2. The standard InChI is InChI=1S/C17H13N5O2/c18-8-9-2-1-3-10(6-9)11-4-5-12-13(7-11)21-16(22-17(20)24)14(12)15(19)23/h1-7,21H,(H2,19,23)(H3,20,22,24). The molecule has 0 aliphatic heterocycles. The topological polar surface area (TPSA) is 138 Å². The Bertz CT molecular complexity index is 1010. The van der Waals surface area contributed by atoms with E-state index < -0.39 is 11.9 Å². The Hall–Kier alpha value is -3.79. The van der Waals surface area contributed by atoms with Crippen LogP contribution in [0, 0.1) is 11.3 Å². The van der Waals surface area contributed by atoms with Crippen molar-refractivity contribution in [2.75, 3.05) is 5.32 Å². The lowest BCUT2D eigenvalue weighted by Gasteiger charge is -2.03. The van der Waals surface area contributed by atoms with Gasteiger partial charge in [-0.2, -0.15) is 5.26 Å². The molecule has 1 aromatic heterocycles. The predicted octanol–water partition coefficient (Wildman–Crippen LogP) is 2.30. The lowest BCUT2D eigenvalue weighted by Crippen LogP contribution is -2.22. The Morgan fingerprint density at radius 1 is 1.08 bits per heavy atom. The zero-order valence-electron chi connectivity index (χ0n) is 12.5. The molecule has 3 amide bonds. The zero-order chi connectivity index (χ0) is 17.3. The van der Waals surface area contributed by atoms with Gasteiger partial charge < -0.3 is 16.5 Å². The van der Waals surface area contributed by atoms with Gasteiger partial charge in [-0.25, -0.2) is 4.79 Å². The molecule has 0 aliphatic carbocycles. The summed E-state index contributed by atoms with van der Waals surface area (Å²) in [5.41, 5.74) is 13.6. The lowest BCUT2D eigenvalue weighted by atomic mass is 10.0. The maximum atomic E-state index is 11.7. The number of primary amides is 2. The molecule has 0 saturated heterocycles. The number of hydrogen-bond donors (Lipinski definition) is 4. The van der Waals surface area contributed by atoms with E-state index in [0.29, 0.717) is 16.5 Å². The predicted molar refractivity (Wildman–Crippen MR) is 90.2 cm³/mol. The fourth-order valence-electron chi connectivity index (χ4n) is 2.62. The quantitative estimate of drug-likeness (QED) is 0.589. The number of anilines is 1. The average Bonchev–Trinajstić information content (AvgIpc) is 2.91. The van der Waals surface area contributed by atoms with Crippen molar-refractivity contribution in [1.82, 2.24) is 4.98 Å². The SMILES string of the molecule is N#Cc1cccc(-c2ccc3c(C(N)=O)c(NC(N)=O)[nH]c3c2)c1. The van der Waals surface area contributed by atoms with E-state index in [1.165, 1.54) is 0 Å². The van der Waals surface area contributed by atoms with E-state index in [0.717, 1.165) is 11.1 Å². The van der Waals surface area contributed by atoms with Crippen LogP contribution >= 0.6 is 0 Å². The molecule has 2 aromatic carbocycles. The second kappa shape index (κ2) is 5.78. The number of carbonyl (C=O) groups excluding carboxylic acids is 2. The molecule has 0 atom stereocenters.